The number of H-pyrrole nitrogens is 1. The number of benzene rings is 1. The first-order valence-corrected chi connectivity index (χ1v) is 9.89. The molecule has 1 aromatic carbocycles. The van der Waals surface area contributed by atoms with E-state index in [0.29, 0.717) is 23.4 Å². The van der Waals surface area contributed by atoms with Gasteiger partial charge in [0.05, 0.1) is 22.9 Å². The third kappa shape index (κ3) is 2.85. The van der Waals surface area contributed by atoms with Crippen LogP contribution in [0.5, 0.6) is 0 Å². The Labute approximate surface area is 168 Å². The van der Waals surface area contributed by atoms with Crippen LogP contribution in [-0.4, -0.2) is 32.2 Å². The number of hydrogen-bond donors (Lipinski definition) is 3. The highest BCUT2D eigenvalue weighted by atomic mass is 79.9. The first kappa shape index (κ1) is 17.2. The van der Waals surface area contributed by atoms with Gasteiger partial charge in [0.25, 0.3) is 5.91 Å². The minimum absolute atomic E-state index is 0.0933. The van der Waals surface area contributed by atoms with E-state index >= 15 is 0 Å². The van der Waals surface area contributed by atoms with Crippen molar-refractivity contribution in [1.29, 1.82) is 0 Å². The van der Waals surface area contributed by atoms with Crippen LogP contribution in [0.4, 0.5) is 0 Å². The van der Waals surface area contributed by atoms with Crippen LogP contribution < -0.4 is 5.32 Å². The molecule has 2 heterocycles. The smallest absolute Gasteiger partial charge is 0.253 e. The fourth-order valence-electron chi connectivity index (χ4n) is 4.47. The zero-order valence-electron chi connectivity index (χ0n) is 14.1. The number of hydrogen-bond acceptors (Lipinski definition) is 4. The molecule has 1 amide bonds. The third-order valence-electron chi connectivity index (χ3n) is 5.77. The largest absolute Gasteiger partial charge is 0.385 e. The van der Waals surface area contributed by atoms with E-state index in [-0.39, 0.29) is 23.8 Å². The number of nitrogens with one attached hydrogen (secondary N) is 2. The number of halogens is 2. The van der Waals surface area contributed by atoms with Crippen molar-refractivity contribution in [2.75, 3.05) is 0 Å². The number of amides is 1. The highest BCUT2D eigenvalue weighted by Gasteiger charge is 2.62. The second-order valence-corrected chi connectivity index (χ2v) is 8.80. The molecule has 5 rings (SSSR count). The summed E-state index contributed by atoms with van der Waals surface area (Å²) >= 11 is 9.55. The molecule has 4 atom stereocenters. The molecule has 2 aliphatic carbocycles. The highest BCUT2D eigenvalue weighted by molar-refractivity contribution is 9.10. The average molecular weight is 448 g/mol. The van der Waals surface area contributed by atoms with E-state index in [1.165, 1.54) is 0 Å². The molecule has 0 spiro atoms. The number of carbonyl (C=O) groups excluding carboxylic acids is 1. The first-order valence-electron chi connectivity index (χ1n) is 8.71. The van der Waals surface area contributed by atoms with Crippen molar-refractivity contribution in [3.05, 3.63) is 57.4 Å². The summed E-state index contributed by atoms with van der Waals surface area (Å²) < 4.78 is 0.769. The standard InChI is InChI=1S/C19H16BrClN4O2/c20-10-1-9(6-22-7-10)18(26)24-17-12-4-19(27,5-13(12)17)15-2-11(21)3-16-14(15)8-23-25-16/h1-3,6-8,12-13,17,27H,4-5H2,(H,23,25)(H,24,26)/t12-,13+,17+,19+. The van der Waals surface area contributed by atoms with E-state index in [4.69, 9.17) is 11.6 Å². The van der Waals surface area contributed by atoms with E-state index in [1.54, 1.807) is 24.7 Å². The number of nitrogens with zero attached hydrogens (tertiary/aromatic N) is 2. The van der Waals surface area contributed by atoms with E-state index in [1.807, 2.05) is 12.1 Å². The summed E-state index contributed by atoms with van der Waals surface area (Å²) in [6.45, 7) is 0. The Morgan fingerprint density at radius 3 is 2.78 bits per heavy atom. The maximum atomic E-state index is 12.4. The number of pyridine rings is 1. The number of carbonyl (C=O) groups is 1. The van der Waals surface area contributed by atoms with Crippen molar-refractivity contribution in [2.45, 2.75) is 24.5 Å². The Morgan fingerprint density at radius 2 is 2.04 bits per heavy atom. The monoisotopic (exact) mass is 446 g/mol. The van der Waals surface area contributed by atoms with Crippen molar-refractivity contribution < 1.29 is 9.90 Å². The second-order valence-electron chi connectivity index (χ2n) is 7.44. The molecule has 0 bridgehead atoms. The van der Waals surface area contributed by atoms with Crippen LogP contribution in [0.2, 0.25) is 5.02 Å². The number of aromatic nitrogens is 3. The van der Waals surface area contributed by atoms with Gasteiger partial charge in [0.2, 0.25) is 0 Å². The van der Waals surface area contributed by atoms with Crippen molar-refractivity contribution >= 4 is 44.3 Å². The quantitative estimate of drug-likeness (QED) is 0.574. The normalized spacial score (nSPS) is 28.9. The molecule has 6 nitrogen and oxygen atoms in total. The van der Waals surface area contributed by atoms with Gasteiger partial charge in [-0.2, -0.15) is 5.10 Å². The lowest BCUT2D eigenvalue weighted by Gasteiger charge is -2.27. The predicted molar refractivity (Wildman–Crippen MR) is 104 cm³/mol. The molecular formula is C19H16BrClN4O2. The van der Waals surface area contributed by atoms with Gasteiger partial charge in [0.1, 0.15) is 0 Å². The second kappa shape index (κ2) is 6.02. The van der Waals surface area contributed by atoms with E-state index in [9.17, 15) is 9.90 Å². The number of fused-ring (bicyclic) bond motifs is 2. The molecule has 0 radical (unpaired) electrons. The summed E-state index contributed by atoms with van der Waals surface area (Å²) in [5, 5.41) is 22.8. The SMILES string of the molecule is O=C(N[C@H]1[C@@H]2C[C@@](O)(c3cc(Cl)cc4[nH]ncc34)C[C@@H]21)c1cncc(Br)c1. The zero-order valence-corrected chi connectivity index (χ0v) is 16.5. The average Bonchev–Trinajstić information content (AvgIpc) is 3.01. The minimum atomic E-state index is -0.944. The lowest BCUT2D eigenvalue weighted by atomic mass is 9.86. The maximum absolute atomic E-state index is 12.4. The van der Waals surface area contributed by atoms with Gasteiger partial charge >= 0.3 is 0 Å². The molecule has 3 aromatic rings. The molecule has 2 aromatic heterocycles. The number of aromatic amines is 1. The lowest BCUT2D eigenvalue weighted by Crippen LogP contribution is -2.33. The van der Waals surface area contributed by atoms with Crippen LogP contribution in [0.15, 0.2) is 41.3 Å². The molecule has 8 heteroatoms. The van der Waals surface area contributed by atoms with Crippen LogP contribution in [0.1, 0.15) is 28.8 Å². The fourth-order valence-corrected chi connectivity index (χ4v) is 5.05. The molecular weight excluding hydrogens is 432 g/mol. The van der Waals surface area contributed by atoms with Crippen LogP contribution in [-0.2, 0) is 5.60 Å². The molecule has 0 saturated heterocycles. The summed E-state index contributed by atoms with van der Waals surface area (Å²) in [5.41, 5.74) is 1.21. The summed E-state index contributed by atoms with van der Waals surface area (Å²) in [7, 11) is 0. The zero-order chi connectivity index (χ0) is 18.8. The first-order chi connectivity index (χ1) is 12.9. The van der Waals surface area contributed by atoms with Gasteiger partial charge in [-0.25, -0.2) is 0 Å². The Hall–Kier alpha value is -1.96. The summed E-state index contributed by atoms with van der Waals surface area (Å²) in [6.07, 6.45) is 6.11. The van der Waals surface area contributed by atoms with Gasteiger partial charge in [0.15, 0.2) is 0 Å². The molecule has 2 fully saturated rings. The lowest BCUT2D eigenvalue weighted by molar-refractivity contribution is 0.0293. The van der Waals surface area contributed by atoms with Gasteiger partial charge in [-0.05, 0) is 64.4 Å². The molecule has 138 valence electrons. The van der Waals surface area contributed by atoms with Crippen LogP contribution in [0.25, 0.3) is 10.9 Å². The van der Waals surface area contributed by atoms with Gasteiger partial charge in [0, 0.05) is 33.3 Å². The van der Waals surface area contributed by atoms with Crippen LogP contribution in [0, 0.1) is 11.8 Å². The molecule has 27 heavy (non-hydrogen) atoms. The molecule has 0 aliphatic heterocycles. The Balaban J connectivity index is 1.33. The molecule has 0 unspecified atom stereocenters. The van der Waals surface area contributed by atoms with Crippen molar-refractivity contribution in [3.8, 4) is 0 Å². The summed E-state index contributed by atoms with van der Waals surface area (Å²) in [6, 6.07) is 5.47. The number of aliphatic hydroxyl groups is 1. The van der Waals surface area contributed by atoms with Crippen molar-refractivity contribution in [2.24, 2.45) is 11.8 Å². The fraction of sp³-hybridized carbons (Fsp3) is 0.316. The van der Waals surface area contributed by atoms with Crippen LogP contribution >= 0.6 is 27.5 Å². The molecule has 2 aliphatic rings. The maximum Gasteiger partial charge on any atom is 0.253 e. The minimum Gasteiger partial charge on any atom is -0.385 e. The number of rotatable bonds is 3. The predicted octanol–water partition coefficient (Wildman–Crippen LogP) is 3.40. The Kier molecular flexibility index (Phi) is 3.83. The van der Waals surface area contributed by atoms with E-state index in [0.717, 1.165) is 20.9 Å². The van der Waals surface area contributed by atoms with E-state index < -0.39 is 5.60 Å². The van der Waals surface area contributed by atoms with Gasteiger partial charge in [-0.3, -0.25) is 14.9 Å². The molecule has 2 saturated carbocycles. The van der Waals surface area contributed by atoms with Gasteiger partial charge in [-0.15, -0.1) is 0 Å². The Morgan fingerprint density at radius 1 is 1.26 bits per heavy atom. The van der Waals surface area contributed by atoms with Crippen molar-refractivity contribution in [3.63, 3.8) is 0 Å². The van der Waals surface area contributed by atoms with Crippen LogP contribution in [0.3, 0.4) is 0 Å². The van der Waals surface area contributed by atoms with Gasteiger partial charge in [-0.1, -0.05) is 11.6 Å². The highest BCUT2D eigenvalue weighted by Crippen LogP contribution is 2.60. The molecule has 3 N–H and O–H groups in total. The van der Waals surface area contributed by atoms with E-state index in [2.05, 4.69) is 36.4 Å². The Bertz CT molecular complexity index is 1060. The topological polar surface area (TPSA) is 90.9 Å². The van der Waals surface area contributed by atoms with Crippen molar-refractivity contribution in [1.82, 2.24) is 20.5 Å². The van der Waals surface area contributed by atoms with Gasteiger partial charge < -0.3 is 10.4 Å². The third-order valence-corrected chi connectivity index (χ3v) is 6.42. The summed E-state index contributed by atoms with van der Waals surface area (Å²) in [4.78, 5) is 16.5. The summed E-state index contributed by atoms with van der Waals surface area (Å²) in [5.74, 6) is 0.395.